The Morgan fingerprint density at radius 3 is 2.67 bits per heavy atom. The van der Waals surface area contributed by atoms with Crippen molar-refractivity contribution < 1.29 is 23.4 Å². The van der Waals surface area contributed by atoms with Gasteiger partial charge in [-0.15, -0.1) is 0 Å². The van der Waals surface area contributed by atoms with Gasteiger partial charge in [-0.3, -0.25) is 4.79 Å². The van der Waals surface area contributed by atoms with Crippen molar-refractivity contribution in [1.29, 1.82) is 0 Å². The van der Waals surface area contributed by atoms with Gasteiger partial charge in [0.2, 0.25) is 11.2 Å². The molecule has 3 rings (SSSR count). The van der Waals surface area contributed by atoms with Crippen molar-refractivity contribution >= 4 is 16.9 Å². The first-order chi connectivity index (χ1) is 13.0. The second-order valence-corrected chi connectivity index (χ2v) is 5.93. The van der Waals surface area contributed by atoms with E-state index in [1.165, 1.54) is 13.4 Å². The largest absolute Gasteiger partial charge is 0.479 e. The molecule has 0 N–H and O–H groups in total. The standard InChI is InChI=1S/C21H20O6/c1-4-14-7-5-6-8-17(14)27-19-12-25-18-11-15(9-10-16(18)20(19)22)26-13(2)21(23)24-3/h5-13H,4H2,1-3H3/t13-/m0/s1. The highest BCUT2D eigenvalue weighted by Crippen LogP contribution is 2.26. The number of methoxy groups -OCH3 is 1. The molecule has 3 aromatic rings. The zero-order valence-corrected chi connectivity index (χ0v) is 15.4. The van der Waals surface area contributed by atoms with Gasteiger partial charge in [-0.1, -0.05) is 25.1 Å². The van der Waals surface area contributed by atoms with Gasteiger partial charge in [0, 0.05) is 6.07 Å². The molecular weight excluding hydrogens is 348 g/mol. The maximum Gasteiger partial charge on any atom is 0.346 e. The van der Waals surface area contributed by atoms with Crippen LogP contribution in [0.3, 0.4) is 0 Å². The van der Waals surface area contributed by atoms with E-state index in [1.54, 1.807) is 25.1 Å². The zero-order chi connectivity index (χ0) is 19.4. The quantitative estimate of drug-likeness (QED) is 0.610. The lowest BCUT2D eigenvalue weighted by Gasteiger charge is -2.13. The Morgan fingerprint density at radius 2 is 1.93 bits per heavy atom. The maximum absolute atomic E-state index is 12.7. The summed E-state index contributed by atoms with van der Waals surface area (Å²) in [4.78, 5) is 24.2. The van der Waals surface area contributed by atoms with E-state index in [9.17, 15) is 9.59 Å². The van der Waals surface area contributed by atoms with Gasteiger partial charge in [0.15, 0.2) is 6.10 Å². The molecule has 0 fully saturated rings. The fourth-order valence-corrected chi connectivity index (χ4v) is 2.67. The van der Waals surface area contributed by atoms with Crippen LogP contribution >= 0.6 is 0 Å². The molecule has 0 saturated carbocycles. The first-order valence-corrected chi connectivity index (χ1v) is 8.59. The first-order valence-electron chi connectivity index (χ1n) is 8.59. The van der Waals surface area contributed by atoms with Crippen LogP contribution in [-0.2, 0) is 16.0 Å². The number of carbonyl (C=O) groups is 1. The van der Waals surface area contributed by atoms with Crippen molar-refractivity contribution in [1.82, 2.24) is 0 Å². The minimum atomic E-state index is -0.771. The van der Waals surface area contributed by atoms with Crippen LogP contribution in [0.2, 0.25) is 0 Å². The number of carbonyl (C=O) groups excluding carboxylic acids is 1. The summed E-state index contributed by atoms with van der Waals surface area (Å²) >= 11 is 0. The molecule has 27 heavy (non-hydrogen) atoms. The van der Waals surface area contributed by atoms with Crippen molar-refractivity contribution in [3.63, 3.8) is 0 Å². The summed E-state index contributed by atoms with van der Waals surface area (Å²) in [7, 11) is 1.29. The minimum absolute atomic E-state index is 0.111. The van der Waals surface area contributed by atoms with Crippen LogP contribution in [0, 0.1) is 0 Å². The molecule has 0 aliphatic carbocycles. The van der Waals surface area contributed by atoms with Crippen LogP contribution in [0.4, 0.5) is 0 Å². The minimum Gasteiger partial charge on any atom is -0.479 e. The lowest BCUT2D eigenvalue weighted by Crippen LogP contribution is -2.24. The predicted octanol–water partition coefficient (Wildman–Crippen LogP) is 4.09. The van der Waals surface area contributed by atoms with Crippen LogP contribution < -0.4 is 14.9 Å². The van der Waals surface area contributed by atoms with Crippen LogP contribution in [-0.4, -0.2) is 19.2 Å². The van der Waals surface area contributed by atoms with Gasteiger partial charge in [-0.2, -0.15) is 0 Å². The molecule has 140 valence electrons. The summed E-state index contributed by atoms with van der Waals surface area (Å²) in [6.45, 7) is 3.59. The average Bonchev–Trinajstić information content (AvgIpc) is 2.69. The van der Waals surface area contributed by atoms with Crippen LogP contribution in [0.1, 0.15) is 19.4 Å². The van der Waals surface area contributed by atoms with Crippen molar-refractivity contribution in [3.8, 4) is 17.2 Å². The number of hydrogen-bond acceptors (Lipinski definition) is 6. The molecule has 6 nitrogen and oxygen atoms in total. The molecule has 1 heterocycles. The summed E-state index contributed by atoms with van der Waals surface area (Å²) in [6, 6.07) is 12.3. The van der Waals surface area contributed by atoms with E-state index < -0.39 is 12.1 Å². The van der Waals surface area contributed by atoms with Crippen molar-refractivity contribution in [2.75, 3.05) is 7.11 Å². The molecule has 0 aliphatic rings. The number of hydrogen-bond donors (Lipinski definition) is 0. The molecule has 0 saturated heterocycles. The van der Waals surface area contributed by atoms with Crippen molar-refractivity contribution in [2.45, 2.75) is 26.4 Å². The molecule has 0 bridgehead atoms. The second-order valence-electron chi connectivity index (χ2n) is 5.93. The van der Waals surface area contributed by atoms with Gasteiger partial charge in [0.05, 0.1) is 12.5 Å². The third-order valence-electron chi connectivity index (χ3n) is 4.13. The number of aryl methyl sites for hydroxylation is 1. The van der Waals surface area contributed by atoms with E-state index in [2.05, 4.69) is 4.74 Å². The smallest absolute Gasteiger partial charge is 0.346 e. The molecule has 6 heteroatoms. The summed E-state index contributed by atoms with van der Waals surface area (Å²) in [5.74, 6) is 0.641. The van der Waals surface area contributed by atoms with Crippen molar-refractivity contribution in [3.05, 3.63) is 64.5 Å². The van der Waals surface area contributed by atoms with Crippen LogP contribution in [0.15, 0.2) is 57.9 Å². The molecule has 1 aromatic heterocycles. The zero-order valence-electron chi connectivity index (χ0n) is 15.4. The van der Waals surface area contributed by atoms with Crippen molar-refractivity contribution in [2.24, 2.45) is 0 Å². The van der Waals surface area contributed by atoms with Gasteiger partial charge < -0.3 is 18.6 Å². The Morgan fingerprint density at radius 1 is 1.15 bits per heavy atom. The molecule has 0 aliphatic heterocycles. The van der Waals surface area contributed by atoms with Gasteiger partial charge in [0.1, 0.15) is 23.3 Å². The number of esters is 1. The molecule has 1 atom stereocenters. The Kier molecular flexibility index (Phi) is 5.45. The van der Waals surface area contributed by atoms with E-state index in [-0.39, 0.29) is 11.2 Å². The predicted molar refractivity (Wildman–Crippen MR) is 100 cm³/mol. The lowest BCUT2D eigenvalue weighted by atomic mass is 10.1. The number of benzene rings is 2. The van der Waals surface area contributed by atoms with Crippen LogP contribution in [0.25, 0.3) is 11.0 Å². The third kappa shape index (κ3) is 3.95. The summed E-state index contributed by atoms with van der Waals surface area (Å²) in [5.41, 5.74) is 1.05. The molecular formula is C21H20O6. The molecule has 0 spiro atoms. The highest BCUT2D eigenvalue weighted by Gasteiger charge is 2.16. The average molecular weight is 368 g/mol. The SMILES string of the molecule is CCc1ccccc1Oc1coc2cc(O[C@@H](C)C(=O)OC)ccc2c1=O. The van der Waals surface area contributed by atoms with E-state index in [4.69, 9.17) is 13.9 Å². The van der Waals surface area contributed by atoms with Gasteiger partial charge >= 0.3 is 5.97 Å². The molecule has 2 aromatic carbocycles. The number of fused-ring (bicyclic) bond motifs is 1. The number of para-hydroxylation sites is 1. The van der Waals surface area contributed by atoms with E-state index in [1.807, 2.05) is 31.2 Å². The van der Waals surface area contributed by atoms with Gasteiger partial charge in [0.25, 0.3) is 0 Å². The Bertz CT molecular complexity index is 1020. The maximum atomic E-state index is 12.7. The van der Waals surface area contributed by atoms with E-state index in [0.717, 1.165) is 12.0 Å². The van der Waals surface area contributed by atoms with Crippen LogP contribution in [0.5, 0.6) is 17.2 Å². The van der Waals surface area contributed by atoms with Gasteiger partial charge in [-0.05, 0) is 37.1 Å². The first kappa shape index (κ1) is 18.5. The summed E-state index contributed by atoms with van der Waals surface area (Å²) in [6.07, 6.45) is 1.30. The van der Waals surface area contributed by atoms with E-state index in [0.29, 0.717) is 22.5 Å². The van der Waals surface area contributed by atoms with Gasteiger partial charge in [-0.25, -0.2) is 4.79 Å². The normalized spacial score (nSPS) is 11.8. The number of ether oxygens (including phenoxy) is 3. The monoisotopic (exact) mass is 368 g/mol. The molecule has 0 unspecified atom stereocenters. The topological polar surface area (TPSA) is 75.0 Å². The molecule has 0 radical (unpaired) electrons. The Labute approximate surface area is 156 Å². The molecule has 0 amide bonds. The second kappa shape index (κ2) is 7.95. The Balaban J connectivity index is 1.90. The fourth-order valence-electron chi connectivity index (χ4n) is 2.67. The summed E-state index contributed by atoms with van der Waals surface area (Å²) < 4.78 is 21.5. The highest BCUT2D eigenvalue weighted by atomic mass is 16.6. The summed E-state index contributed by atoms with van der Waals surface area (Å²) in [5, 5.41) is 0.361. The lowest BCUT2D eigenvalue weighted by molar-refractivity contribution is -0.147. The highest BCUT2D eigenvalue weighted by molar-refractivity contribution is 5.79. The Hall–Kier alpha value is -3.28. The third-order valence-corrected chi connectivity index (χ3v) is 4.13. The van der Waals surface area contributed by atoms with E-state index >= 15 is 0 Å². The fraction of sp³-hybridized carbons (Fsp3) is 0.238. The number of rotatable bonds is 6.